The van der Waals surface area contributed by atoms with Gasteiger partial charge in [0.1, 0.15) is 11.4 Å². The number of ether oxygens (including phenoxy) is 3. The maximum absolute atomic E-state index is 11.6. The molecule has 0 aliphatic heterocycles. The minimum absolute atomic E-state index is 0.140. The Morgan fingerprint density at radius 1 is 1.29 bits per heavy atom. The molecule has 0 saturated carbocycles. The van der Waals surface area contributed by atoms with E-state index in [9.17, 15) is 4.79 Å². The van der Waals surface area contributed by atoms with Crippen LogP contribution in [0, 0.1) is 0 Å². The van der Waals surface area contributed by atoms with Gasteiger partial charge in [0.25, 0.3) is 0 Å². The van der Waals surface area contributed by atoms with Crippen LogP contribution in [0.25, 0.3) is 0 Å². The summed E-state index contributed by atoms with van der Waals surface area (Å²) in [4.78, 5) is 15.6. The topological polar surface area (TPSA) is 83.7 Å². The van der Waals surface area contributed by atoms with Crippen LogP contribution in [-0.2, 0) is 16.1 Å². The Morgan fingerprint density at radius 3 is 2.81 bits per heavy atom. The third-order valence-electron chi connectivity index (χ3n) is 2.78. The van der Waals surface area contributed by atoms with Gasteiger partial charge in [-0.3, -0.25) is 0 Å². The quantitative estimate of drug-likeness (QED) is 0.850. The first-order valence-corrected chi connectivity index (χ1v) is 6.24. The summed E-state index contributed by atoms with van der Waals surface area (Å²) in [7, 11) is 2.91. The van der Waals surface area contributed by atoms with Crippen LogP contribution >= 0.6 is 0 Å². The molecule has 2 N–H and O–H groups in total. The standard InChI is InChI=1S/C15H16N2O4/c1-19-9-10-4-3-5-11(8-10)21-14-13(16)12(6-7-17-14)15(18)20-2/h3-8H,9,16H2,1-2H3. The molecule has 0 bridgehead atoms. The van der Waals surface area contributed by atoms with Crippen LogP contribution < -0.4 is 10.5 Å². The lowest BCUT2D eigenvalue weighted by Gasteiger charge is -2.10. The molecule has 110 valence electrons. The summed E-state index contributed by atoms with van der Waals surface area (Å²) in [5.74, 6) is 0.186. The summed E-state index contributed by atoms with van der Waals surface area (Å²) in [5, 5.41) is 0. The van der Waals surface area contributed by atoms with E-state index in [1.165, 1.54) is 19.4 Å². The van der Waals surface area contributed by atoms with Crippen molar-refractivity contribution in [3.63, 3.8) is 0 Å². The summed E-state index contributed by atoms with van der Waals surface area (Å²) < 4.78 is 15.4. The van der Waals surface area contributed by atoms with Crippen LogP contribution in [0.2, 0.25) is 0 Å². The van der Waals surface area contributed by atoms with Crippen molar-refractivity contribution >= 4 is 11.7 Å². The summed E-state index contributed by atoms with van der Waals surface area (Å²) in [6, 6.07) is 8.82. The zero-order valence-electron chi connectivity index (χ0n) is 11.8. The zero-order chi connectivity index (χ0) is 15.2. The lowest BCUT2D eigenvalue weighted by molar-refractivity contribution is 0.0601. The second-order valence-corrected chi connectivity index (χ2v) is 4.25. The Balaban J connectivity index is 2.27. The predicted molar refractivity (Wildman–Crippen MR) is 77.2 cm³/mol. The first-order valence-electron chi connectivity index (χ1n) is 6.24. The number of nitrogen functional groups attached to an aromatic ring is 1. The highest BCUT2D eigenvalue weighted by Gasteiger charge is 2.15. The SMILES string of the molecule is COCc1cccc(Oc2nccc(C(=O)OC)c2N)c1. The van der Waals surface area contributed by atoms with Crippen LogP contribution in [0.5, 0.6) is 11.6 Å². The number of benzene rings is 1. The first kappa shape index (κ1) is 14.8. The number of hydrogen-bond donors (Lipinski definition) is 1. The number of carbonyl (C=O) groups excluding carboxylic acids is 1. The zero-order valence-corrected chi connectivity index (χ0v) is 11.8. The maximum atomic E-state index is 11.6. The first-order chi connectivity index (χ1) is 10.2. The molecule has 6 nitrogen and oxygen atoms in total. The molecule has 0 aliphatic carbocycles. The minimum Gasteiger partial charge on any atom is -0.465 e. The van der Waals surface area contributed by atoms with Crippen LogP contribution in [0.1, 0.15) is 15.9 Å². The van der Waals surface area contributed by atoms with Crippen LogP contribution in [0.15, 0.2) is 36.5 Å². The van der Waals surface area contributed by atoms with Gasteiger partial charge in [0, 0.05) is 13.3 Å². The van der Waals surface area contributed by atoms with Crippen molar-refractivity contribution in [3.05, 3.63) is 47.7 Å². The van der Waals surface area contributed by atoms with Gasteiger partial charge in [-0.2, -0.15) is 0 Å². The molecule has 1 heterocycles. The largest absolute Gasteiger partial charge is 0.465 e. The maximum Gasteiger partial charge on any atom is 0.340 e. The molecule has 0 fully saturated rings. The van der Waals surface area contributed by atoms with Crippen molar-refractivity contribution < 1.29 is 19.0 Å². The van der Waals surface area contributed by atoms with E-state index < -0.39 is 5.97 Å². The Hall–Kier alpha value is -2.60. The highest BCUT2D eigenvalue weighted by Crippen LogP contribution is 2.28. The highest BCUT2D eigenvalue weighted by atomic mass is 16.5. The Bertz CT molecular complexity index is 643. The molecule has 1 aromatic heterocycles. The number of anilines is 1. The van der Waals surface area contributed by atoms with Crippen LogP contribution in [-0.4, -0.2) is 25.2 Å². The second-order valence-electron chi connectivity index (χ2n) is 4.25. The molecule has 0 atom stereocenters. The number of hydrogen-bond acceptors (Lipinski definition) is 6. The minimum atomic E-state index is -0.534. The van der Waals surface area contributed by atoms with Crippen molar-refractivity contribution in [1.29, 1.82) is 0 Å². The third kappa shape index (κ3) is 3.49. The number of rotatable bonds is 5. The van der Waals surface area contributed by atoms with E-state index in [0.29, 0.717) is 12.4 Å². The molecule has 2 rings (SSSR count). The van der Waals surface area contributed by atoms with Gasteiger partial charge in [0.2, 0.25) is 5.88 Å². The number of carbonyl (C=O) groups is 1. The fraction of sp³-hybridized carbons (Fsp3) is 0.200. The fourth-order valence-corrected chi connectivity index (χ4v) is 1.80. The Labute approximate surface area is 122 Å². The van der Waals surface area contributed by atoms with Gasteiger partial charge in [-0.1, -0.05) is 12.1 Å². The molecule has 0 radical (unpaired) electrons. The van der Waals surface area contributed by atoms with E-state index in [1.807, 2.05) is 18.2 Å². The van der Waals surface area contributed by atoms with E-state index in [-0.39, 0.29) is 17.1 Å². The molecule has 6 heteroatoms. The normalized spacial score (nSPS) is 10.2. The number of aromatic nitrogens is 1. The third-order valence-corrected chi connectivity index (χ3v) is 2.78. The van der Waals surface area contributed by atoms with E-state index in [1.54, 1.807) is 13.2 Å². The molecule has 0 saturated heterocycles. The van der Waals surface area contributed by atoms with Gasteiger partial charge in [0.05, 0.1) is 19.3 Å². The Kier molecular flexibility index (Phi) is 4.73. The number of esters is 1. The van der Waals surface area contributed by atoms with Crippen LogP contribution in [0.3, 0.4) is 0 Å². The summed E-state index contributed by atoms with van der Waals surface area (Å²) in [5.41, 5.74) is 7.21. The van der Waals surface area contributed by atoms with E-state index in [4.69, 9.17) is 15.2 Å². The summed E-state index contributed by atoms with van der Waals surface area (Å²) in [6.45, 7) is 0.475. The average Bonchev–Trinajstić information content (AvgIpc) is 2.49. The molecule has 2 aromatic rings. The average molecular weight is 288 g/mol. The summed E-state index contributed by atoms with van der Waals surface area (Å²) in [6.07, 6.45) is 1.44. The van der Waals surface area contributed by atoms with Gasteiger partial charge in [0.15, 0.2) is 0 Å². The molecule has 21 heavy (non-hydrogen) atoms. The van der Waals surface area contributed by atoms with Crippen molar-refractivity contribution in [3.8, 4) is 11.6 Å². The van der Waals surface area contributed by atoms with Crippen molar-refractivity contribution in [2.45, 2.75) is 6.61 Å². The molecule has 0 aliphatic rings. The molecule has 0 unspecified atom stereocenters. The van der Waals surface area contributed by atoms with Gasteiger partial charge < -0.3 is 19.9 Å². The predicted octanol–water partition coefficient (Wildman–Crippen LogP) is 2.39. The van der Waals surface area contributed by atoms with Gasteiger partial charge in [-0.15, -0.1) is 0 Å². The lowest BCUT2D eigenvalue weighted by atomic mass is 10.2. The molecule has 0 amide bonds. The number of methoxy groups -OCH3 is 2. The molecule has 1 aromatic carbocycles. The number of pyridine rings is 1. The van der Waals surface area contributed by atoms with E-state index in [0.717, 1.165) is 5.56 Å². The number of nitrogens with two attached hydrogens (primary N) is 1. The number of nitrogens with zero attached hydrogens (tertiary/aromatic N) is 1. The Morgan fingerprint density at radius 2 is 2.10 bits per heavy atom. The van der Waals surface area contributed by atoms with Gasteiger partial charge in [-0.25, -0.2) is 9.78 Å². The fourth-order valence-electron chi connectivity index (χ4n) is 1.80. The van der Waals surface area contributed by atoms with Crippen LogP contribution in [0.4, 0.5) is 5.69 Å². The molecule has 0 spiro atoms. The smallest absolute Gasteiger partial charge is 0.340 e. The van der Waals surface area contributed by atoms with Crippen molar-refractivity contribution in [2.75, 3.05) is 20.0 Å². The van der Waals surface area contributed by atoms with Crippen molar-refractivity contribution in [1.82, 2.24) is 4.98 Å². The van der Waals surface area contributed by atoms with E-state index >= 15 is 0 Å². The monoisotopic (exact) mass is 288 g/mol. The van der Waals surface area contributed by atoms with Gasteiger partial charge in [-0.05, 0) is 23.8 Å². The second kappa shape index (κ2) is 6.71. The molecular weight excluding hydrogens is 272 g/mol. The summed E-state index contributed by atoms with van der Waals surface area (Å²) >= 11 is 0. The highest BCUT2D eigenvalue weighted by molar-refractivity contribution is 5.96. The van der Waals surface area contributed by atoms with Gasteiger partial charge >= 0.3 is 5.97 Å². The lowest BCUT2D eigenvalue weighted by Crippen LogP contribution is -2.07. The molecular formula is C15H16N2O4. The van der Waals surface area contributed by atoms with E-state index in [2.05, 4.69) is 9.72 Å². The van der Waals surface area contributed by atoms with Crippen molar-refractivity contribution in [2.24, 2.45) is 0 Å².